The standard InChI is InChI=1S/C19H19ClN6O2/c1-11-3-5-12(6-4-11)19(27)26-25-18-16(21)17(22-10-23-18)24-14-9-13(20)7-8-15(14)28-2/h3-10H,21H2,1-2H3,(H,26,27)(H2,22,23,24,25). The molecule has 3 rings (SSSR count). The summed E-state index contributed by atoms with van der Waals surface area (Å²) in [4.78, 5) is 20.4. The van der Waals surface area contributed by atoms with Gasteiger partial charge in [0.2, 0.25) is 0 Å². The lowest BCUT2D eigenvalue weighted by molar-refractivity contribution is 0.0962. The van der Waals surface area contributed by atoms with Crippen LogP contribution in [0.1, 0.15) is 15.9 Å². The van der Waals surface area contributed by atoms with Crippen LogP contribution in [0, 0.1) is 6.92 Å². The second kappa shape index (κ2) is 8.45. The summed E-state index contributed by atoms with van der Waals surface area (Å²) in [5.41, 5.74) is 13.8. The quantitative estimate of drug-likeness (QED) is 0.469. The number of amides is 1. The van der Waals surface area contributed by atoms with Crippen LogP contribution in [0.3, 0.4) is 0 Å². The van der Waals surface area contributed by atoms with Crippen molar-refractivity contribution in [1.29, 1.82) is 0 Å². The summed E-state index contributed by atoms with van der Waals surface area (Å²) in [6.45, 7) is 1.95. The van der Waals surface area contributed by atoms with E-state index in [-0.39, 0.29) is 17.4 Å². The Morgan fingerprint density at radius 1 is 1.11 bits per heavy atom. The van der Waals surface area contributed by atoms with Gasteiger partial charge in [0.05, 0.1) is 12.8 Å². The van der Waals surface area contributed by atoms with Crippen molar-refractivity contribution < 1.29 is 9.53 Å². The molecule has 28 heavy (non-hydrogen) atoms. The number of carbonyl (C=O) groups excluding carboxylic acids is 1. The highest BCUT2D eigenvalue weighted by atomic mass is 35.5. The number of ether oxygens (including phenoxy) is 1. The normalized spacial score (nSPS) is 10.2. The number of methoxy groups -OCH3 is 1. The number of halogens is 1. The molecule has 0 saturated heterocycles. The molecule has 0 fully saturated rings. The zero-order valence-corrected chi connectivity index (χ0v) is 16.0. The summed E-state index contributed by atoms with van der Waals surface area (Å²) in [7, 11) is 1.55. The van der Waals surface area contributed by atoms with E-state index in [1.165, 1.54) is 6.33 Å². The van der Waals surface area contributed by atoms with Crippen LogP contribution in [0.2, 0.25) is 5.02 Å². The molecule has 9 heteroatoms. The number of hydrogen-bond acceptors (Lipinski definition) is 7. The Labute approximate surface area is 167 Å². The molecule has 0 aliphatic rings. The molecule has 8 nitrogen and oxygen atoms in total. The van der Waals surface area contributed by atoms with Gasteiger partial charge < -0.3 is 15.8 Å². The fourth-order valence-corrected chi connectivity index (χ4v) is 2.57. The first-order valence-corrected chi connectivity index (χ1v) is 8.70. The summed E-state index contributed by atoms with van der Waals surface area (Å²) in [6, 6.07) is 12.3. The maximum absolute atomic E-state index is 12.2. The van der Waals surface area contributed by atoms with Gasteiger partial charge in [-0.15, -0.1) is 0 Å². The van der Waals surface area contributed by atoms with Gasteiger partial charge in [0, 0.05) is 10.6 Å². The van der Waals surface area contributed by atoms with E-state index in [1.54, 1.807) is 37.4 Å². The van der Waals surface area contributed by atoms with Crippen molar-refractivity contribution in [1.82, 2.24) is 15.4 Å². The van der Waals surface area contributed by atoms with E-state index in [0.29, 0.717) is 27.8 Å². The summed E-state index contributed by atoms with van der Waals surface area (Å²) < 4.78 is 5.30. The smallest absolute Gasteiger partial charge is 0.269 e. The second-order valence-electron chi connectivity index (χ2n) is 5.90. The number of carbonyl (C=O) groups is 1. The number of aromatic nitrogens is 2. The number of nitrogens with one attached hydrogen (secondary N) is 3. The number of hydrogen-bond donors (Lipinski definition) is 4. The maximum atomic E-state index is 12.2. The van der Waals surface area contributed by atoms with E-state index >= 15 is 0 Å². The van der Waals surface area contributed by atoms with Crippen LogP contribution >= 0.6 is 11.6 Å². The first-order valence-electron chi connectivity index (χ1n) is 8.32. The first-order chi connectivity index (χ1) is 13.5. The minimum atomic E-state index is -0.316. The van der Waals surface area contributed by atoms with Crippen LogP contribution in [0.15, 0.2) is 48.8 Å². The SMILES string of the molecule is COc1ccc(Cl)cc1Nc1ncnc(NNC(=O)c2ccc(C)cc2)c1N. The van der Waals surface area contributed by atoms with Crippen molar-refractivity contribution in [3.05, 3.63) is 64.9 Å². The van der Waals surface area contributed by atoms with Crippen LogP contribution < -0.4 is 26.6 Å². The van der Waals surface area contributed by atoms with Gasteiger partial charge in [0.1, 0.15) is 17.8 Å². The third-order valence-electron chi connectivity index (χ3n) is 3.91. The second-order valence-corrected chi connectivity index (χ2v) is 6.34. The Balaban J connectivity index is 1.75. The number of hydrazine groups is 1. The number of nitrogen functional groups attached to an aromatic ring is 1. The zero-order chi connectivity index (χ0) is 20.1. The molecule has 1 heterocycles. The van der Waals surface area contributed by atoms with Crippen LogP contribution in [-0.4, -0.2) is 23.0 Å². The monoisotopic (exact) mass is 398 g/mol. The third kappa shape index (κ3) is 4.41. The van der Waals surface area contributed by atoms with E-state index in [2.05, 4.69) is 26.1 Å². The average Bonchev–Trinajstić information content (AvgIpc) is 2.69. The van der Waals surface area contributed by atoms with Gasteiger partial charge >= 0.3 is 0 Å². The van der Waals surface area contributed by atoms with Crippen LogP contribution in [0.25, 0.3) is 0 Å². The van der Waals surface area contributed by atoms with Crippen LogP contribution in [0.4, 0.5) is 23.0 Å². The highest BCUT2D eigenvalue weighted by Crippen LogP contribution is 2.32. The van der Waals surface area contributed by atoms with Crippen LogP contribution in [-0.2, 0) is 0 Å². The molecule has 0 aliphatic heterocycles. The van der Waals surface area contributed by atoms with E-state index in [1.807, 2.05) is 19.1 Å². The number of rotatable bonds is 6. The van der Waals surface area contributed by atoms with Gasteiger partial charge in [-0.1, -0.05) is 29.3 Å². The molecule has 3 aromatic rings. The molecule has 144 valence electrons. The van der Waals surface area contributed by atoms with E-state index in [9.17, 15) is 4.79 Å². The van der Waals surface area contributed by atoms with E-state index < -0.39 is 0 Å². The Hall–Kier alpha value is -3.52. The van der Waals surface area contributed by atoms with E-state index in [0.717, 1.165) is 5.56 Å². The topological polar surface area (TPSA) is 114 Å². The number of anilines is 4. The molecule has 1 amide bonds. The summed E-state index contributed by atoms with van der Waals surface area (Å²) in [5.74, 6) is 0.843. The van der Waals surface area contributed by atoms with Gasteiger partial charge in [-0.3, -0.25) is 15.6 Å². The van der Waals surface area contributed by atoms with Crippen molar-refractivity contribution in [2.24, 2.45) is 0 Å². The zero-order valence-electron chi connectivity index (χ0n) is 15.3. The van der Waals surface area contributed by atoms with Gasteiger partial charge in [-0.2, -0.15) is 0 Å². The lowest BCUT2D eigenvalue weighted by atomic mass is 10.1. The van der Waals surface area contributed by atoms with Crippen molar-refractivity contribution in [3.63, 3.8) is 0 Å². The molecule has 1 aromatic heterocycles. The Morgan fingerprint density at radius 2 is 1.82 bits per heavy atom. The third-order valence-corrected chi connectivity index (χ3v) is 4.14. The van der Waals surface area contributed by atoms with Crippen molar-refractivity contribution in [3.8, 4) is 5.75 Å². The highest BCUT2D eigenvalue weighted by molar-refractivity contribution is 6.31. The van der Waals surface area contributed by atoms with Gasteiger partial charge in [0.25, 0.3) is 5.91 Å². The molecular weight excluding hydrogens is 380 g/mol. The molecule has 0 radical (unpaired) electrons. The molecule has 0 saturated carbocycles. The van der Waals surface area contributed by atoms with Crippen molar-refractivity contribution >= 4 is 40.5 Å². The number of nitrogens with two attached hydrogens (primary N) is 1. The van der Waals surface area contributed by atoms with Crippen molar-refractivity contribution in [2.75, 3.05) is 23.6 Å². The Morgan fingerprint density at radius 3 is 2.54 bits per heavy atom. The highest BCUT2D eigenvalue weighted by Gasteiger charge is 2.12. The van der Waals surface area contributed by atoms with E-state index in [4.69, 9.17) is 22.1 Å². The van der Waals surface area contributed by atoms with Crippen LogP contribution in [0.5, 0.6) is 5.75 Å². The number of benzene rings is 2. The predicted molar refractivity (Wildman–Crippen MR) is 110 cm³/mol. The Bertz CT molecular complexity index is 994. The molecule has 0 unspecified atom stereocenters. The molecule has 0 aliphatic carbocycles. The fraction of sp³-hybridized carbons (Fsp3) is 0.105. The average molecular weight is 399 g/mol. The lowest BCUT2D eigenvalue weighted by Crippen LogP contribution is -2.30. The number of nitrogens with zero attached hydrogens (tertiary/aromatic N) is 2. The Kier molecular flexibility index (Phi) is 5.81. The van der Waals surface area contributed by atoms with Gasteiger partial charge in [-0.25, -0.2) is 9.97 Å². The summed E-state index contributed by atoms with van der Waals surface area (Å²) in [6.07, 6.45) is 1.32. The minimum Gasteiger partial charge on any atom is -0.495 e. The molecule has 2 aromatic carbocycles. The molecule has 0 bridgehead atoms. The van der Waals surface area contributed by atoms with Gasteiger partial charge in [-0.05, 0) is 37.3 Å². The predicted octanol–water partition coefficient (Wildman–Crippen LogP) is 3.53. The first kappa shape index (κ1) is 19.2. The summed E-state index contributed by atoms with van der Waals surface area (Å²) >= 11 is 6.04. The molecular formula is C19H19ClN6O2. The minimum absolute atomic E-state index is 0.216. The largest absolute Gasteiger partial charge is 0.495 e. The molecule has 0 atom stereocenters. The van der Waals surface area contributed by atoms with Crippen molar-refractivity contribution in [2.45, 2.75) is 6.92 Å². The molecule has 0 spiro atoms. The maximum Gasteiger partial charge on any atom is 0.269 e. The fourth-order valence-electron chi connectivity index (χ4n) is 2.39. The number of aryl methyl sites for hydroxylation is 1. The van der Waals surface area contributed by atoms with Gasteiger partial charge in [0.15, 0.2) is 11.6 Å². The lowest BCUT2D eigenvalue weighted by Gasteiger charge is -2.15. The molecule has 5 N–H and O–H groups in total. The summed E-state index contributed by atoms with van der Waals surface area (Å²) in [5, 5.41) is 3.59.